The van der Waals surface area contributed by atoms with Crippen LogP contribution in [0.1, 0.15) is 36.1 Å². The number of hydrogen-bond acceptors (Lipinski definition) is 5. The normalized spacial score (nSPS) is 15.7. The first kappa shape index (κ1) is 19.9. The van der Waals surface area contributed by atoms with Crippen LogP contribution < -0.4 is 16.7 Å². The number of aromatic hydroxyl groups is 1. The van der Waals surface area contributed by atoms with Crippen LogP contribution in [0.4, 0.5) is 0 Å². The predicted octanol–water partition coefficient (Wildman–Crippen LogP) is 2.70. The molecule has 8 heteroatoms. The first-order valence-electron chi connectivity index (χ1n) is 10.6. The van der Waals surface area contributed by atoms with Crippen molar-refractivity contribution in [3.8, 4) is 5.88 Å². The summed E-state index contributed by atoms with van der Waals surface area (Å²) in [5.41, 5.74) is 5.30. The van der Waals surface area contributed by atoms with Crippen LogP contribution in [0, 0.1) is 0 Å². The molecule has 0 amide bonds. The number of H-pyrrole nitrogens is 1. The predicted molar refractivity (Wildman–Crippen MR) is 123 cm³/mol. The van der Waals surface area contributed by atoms with Gasteiger partial charge in [0.05, 0.1) is 18.3 Å². The third-order valence-corrected chi connectivity index (χ3v) is 5.93. The lowest BCUT2D eigenvalue weighted by Gasteiger charge is -2.12. The molecule has 1 atom stereocenters. The van der Waals surface area contributed by atoms with Gasteiger partial charge in [-0.1, -0.05) is 48.5 Å². The zero-order valence-electron chi connectivity index (χ0n) is 17.6. The van der Waals surface area contributed by atoms with Crippen LogP contribution in [0.5, 0.6) is 5.88 Å². The molecule has 0 radical (unpaired) electrons. The zero-order chi connectivity index (χ0) is 22.2. The monoisotopic (exact) mass is 429 g/mol. The van der Waals surface area contributed by atoms with E-state index in [1.54, 1.807) is 0 Å². The van der Waals surface area contributed by atoms with Crippen molar-refractivity contribution in [3.63, 3.8) is 0 Å². The Morgan fingerprint density at radius 2 is 1.84 bits per heavy atom. The van der Waals surface area contributed by atoms with Gasteiger partial charge < -0.3 is 15.1 Å². The van der Waals surface area contributed by atoms with Gasteiger partial charge in [-0.15, -0.1) is 0 Å². The molecule has 162 valence electrons. The molecule has 2 aromatic heterocycles. The molecule has 0 bridgehead atoms. The highest BCUT2D eigenvalue weighted by atomic mass is 16.3. The highest BCUT2D eigenvalue weighted by Gasteiger charge is 2.29. The molecule has 0 aliphatic carbocycles. The summed E-state index contributed by atoms with van der Waals surface area (Å²) in [6.45, 7) is 3.07. The van der Waals surface area contributed by atoms with E-state index < -0.39 is 11.2 Å². The van der Waals surface area contributed by atoms with Gasteiger partial charge in [-0.3, -0.25) is 14.3 Å². The largest absolute Gasteiger partial charge is 0.494 e. The topological polar surface area (TPSA) is 104 Å². The Morgan fingerprint density at radius 3 is 2.62 bits per heavy atom. The minimum absolute atomic E-state index is 0.0229. The van der Waals surface area contributed by atoms with E-state index in [1.165, 1.54) is 0 Å². The van der Waals surface area contributed by atoms with Gasteiger partial charge in [-0.05, 0) is 18.6 Å². The van der Waals surface area contributed by atoms with E-state index >= 15 is 0 Å². The lowest BCUT2D eigenvalue weighted by molar-refractivity contribution is 0.408. The maximum absolute atomic E-state index is 12.6. The van der Waals surface area contributed by atoms with Gasteiger partial charge in [-0.2, -0.15) is 5.10 Å². The van der Waals surface area contributed by atoms with Crippen molar-refractivity contribution in [1.82, 2.24) is 19.5 Å². The smallest absolute Gasteiger partial charge is 0.331 e. The average molecular weight is 429 g/mol. The number of para-hydroxylation sites is 1. The van der Waals surface area contributed by atoms with E-state index in [9.17, 15) is 14.7 Å². The van der Waals surface area contributed by atoms with Crippen molar-refractivity contribution >= 4 is 16.6 Å². The highest BCUT2D eigenvalue weighted by Crippen LogP contribution is 2.32. The Balaban J connectivity index is 1.50. The van der Waals surface area contributed by atoms with Gasteiger partial charge in [-0.25, -0.2) is 4.79 Å². The third kappa shape index (κ3) is 3.30. The fourth-order valence-electron chi connectivity index (χ4n) is 4.33. The van der Waals surface area contributed by atoms with Gasteiger partial charge in [0.1, 0.15) is 5.56 Å². The Labute approximate surface area is 183 Å². The van der Waals surface area contributed by atoms with E-state index in [0.717, 1.165) is 33.1 Å². The fraction of sp³-hybridized carbons (Fsp3) is 0.208. The average Bonchev–Trinajstić information content (AvgIpc) is 3.42. The number of aromatic amines is 1. The van der Waals surface area contributed by atoms with E-state index in [4.69, 9.17) is 0 Å². The van der Waals surface area contributed by atoms with E-state index in [0.29, 0.717) is 12.1 Å². The fourth-order valence-corrected chi connectivity index (χ4v) is 4.33. The number of nitrogens with one attached hydrogen (secondary N) is 2. The number of hydrazone groups is 1. The first-order valence-corrected chi connectivity index (χ1v) is 10.6. The standard InChI is InChI=1S/C24H23N5O3/c1-2-28-14-17(16-10-6-7-11-20(16)28)18-12-19(27-26-18)21-22(30)25-24(32)29(23(21)31)13-15-8-4-3-5-9-15/h3-11,14,18,26,31H,2,12-13H2,1H3,(H,25,30,32)/t18-/m0/s1. The number of aryl methyl sites for hydroxylation is 1. The number of rotatable bonds is 5. The van der Waals surface area contributed by atoms with Gasteiger partial charge in [0.25, 0.3) is 5.56 Å². The Morgan fingerprint density at radius 1 is 1.09 bits per heavy atom. The molecular weight excluding hydrogens is 406 g/mol. The van der Waals surface area contributed by atoms with Crippen molar-refractivity contribution in [3.05, 3.63) is 98.3 Å². The zero-order valence-corrected chi connectivity index (χ0v) is 17.6. The van der Waals surface area contributed by atoms with Crippen LogP contribution in [-0.2, 0) is 13.1 Å². The molecule has 5 rings (SSSR count). The molecule has 8 nitrogen and oxygen atoms in total. The Kier molecular flexibility index (Phi) is 4.89. The summed E-state index contributed by atoms with van der Waals surface area (Å²) in [5, 5.41) is 16.4. The third-order valence-electron chi connectivity index (χ3n) is 5.93. The number of fused-ring (bicyclic) bond motifs is 1. The van der Waals surface area contributed by atoms with Crippen LogP contribution in [0.2, 0.25) is 0 Å². The summed E-state index contributed by atoms with van der Waals surface area (Å²) >= 11 is 0. The summed E-state index contributed by atoms with van der Waals surface area (Å²) in [6, 6.07) is 17.3. The van der Waals surface area contributed by atoms with E-state index in [1.807, 2.05) is 42.5 Å². The van der Waals surface area contributed by atoms with Crippen molar-refractivity contribution in [1.29, 1.82) is 0 Å². The molecule has 4 aromatic rings. The molecule has 0 unspecified atom stereocenters. The quantitative estimate of drug-likeness (QED) is 0.454. The Hall–Kier alpha value is -4.07. The maximum Gasteiger partial charge on any atom is 0.331 e. The molecule has 1 aliphatic rings. The minimum atomic E-state index is -0.658. The van der Waals surface area contributed by atoms with Crippen molar-refractivity contribution in [2.75, 3.05) is 0 Å². The number of benzene rings is 2. The van der Waals surface area contributed by atoms with E-state index in [2.05, 4.69) is 45.3 Å². The molecule has 0 fully saturated rings. The second kappa shape index (κ2) is 7.88. The molecule has 32 heavy (non-hydrogen) atoms. The van der Waals surface area contributed by atoms with Crippen molar-refractivity contribution in [2.24, 2.45) is 5.10 Å². The van der Waals surface area contributed by atoms with Crippen molar-refractivity contribution in [2.45, 2.75) is 32.5 Å². The van der Waals surface area contributed by atoms with Crippen LogP contribution >= 0.6 is 0 Å². The molecule has 0 spiro atoms. The van der Waals surface area contributed by atoms with Crippen molar-refractivity contribution < 1.29 is 5.11 Å². The second-order valence-electron chi connectivity index (χ2n) is 7.86. The Bertz CT molecular complexity index is 1450. The minimum Gasteiger partial charge on any atom is -0.494 e. The molecule has 0 saturated carbocycles. The van der Waals surface area contributed by atoms with Gasteiger partial charge >= 0.3 is 5.69 Å². The number of aromatic nitrogens is 3. The highest BCUT2D eigenvalue weighted by molar-refractivity contribution is 6.03. The van der Waals surface area contributed by atoms with Crippen LogP contribution in [0.3, 0.4) is 0 Å². The first-order chi connectivity index (χ1) is 15.6. The molecule has 3 N–H and O–H groups in total. The van der Waals surface area contributed by atoms with Crippen LogP contribution in [0.15, 0.2) is 75.5 Å². The SMILES string of the molecule is CCn1cc([C@@H]2CC(c3c(O)n(Cc4ccccc4)c(=O)[nH]c3=O)=NN2)c2ccccc21. The second-order valence-corrected chi connectivity index (χ2v) is 7.86. The van der Waals surface area contributed by atoms with E-state index in [-0.39, 0.29) is 24.0 Å². The summed E-state index contributed by atoms with van der Waals surface area (Å²) in [4.78, 5) is 27.3. The lowest BCUT2D eigenvalue weighted by atomic mass is 9.99. The van der Waals surface area contributed by atoms with Gasteiger partial charge in [0, 0.05) is 35.6 Å². The lowest BCUT2D eigenvalue weighted by Crippen LogP contribution is -2.34. The summed E-state index contributed by atoms with van der Waals surface area (Å²) in [5.74, 6) is -0.375. The number of hydrogen-bond donors (Lipinski definition) is 3. The molecule has 2 aromatic carbocycles. The summed E-state index contributed by atoms with van der Waals surface area (Å²) in [7, 11) is 0. The molecule has 1 aliphatic heterocycles. The van der Waals surface area contributed by atoms with Crippen LogP contribution in [0.25, 0.3) is 10.9 Å². The number of nitrogens with zero attached hydrogens (tertiary/aromatic N) is 3. The molecular formula is C24H23N5O3. The maximum atomic E-state index is 12.6. The molecule has 3 heterocycles. The summed E-state index contributed by atoms with van der Waals surface area (Å²) < 4.78 is 3.33. The van der Waals surface area contributed by atoms with Gasteiger partial charge in [0.2, 0.25) is 5.88 Å². The van der Waals surface area contributed by atoms with Gasteiger partial charge in [0.15, 0.2) is 0 Å². The molecule has 0 saturated heterocycles. The summed E-state index contributed by atoms with van der Waals surface area (Å²) in [6.07, 6.45) is 2.51. The van der Waals surface area contributed by atoms with Crippen LogP contribution in [-0.4, -0.2) is 24.9 Å².